The molecule has 0 fully saturated rings. The zero-order chi connectivity index (χ0) is 12.6. The second-order valence-corrected chi connectivity index (χ2v) is 4.44. The van der Waals surface area contributed by atoms with Crippen molar-refractivity contribution >= 4 is 5.69 Å². The smallest absolute Gasteiger partial charge is 0.658 e. The molecule has 0 N–H and O–H groups in total. The third kappa shape index (κ3) is 11.8. The molecule has 1 rings (SSSR count). The largest absolute Gasteiger partial charge is 1.00 e. The normalized spacial score (nSPS) is 9.41. The van der Waals surface area contributed by atoms with Crippen molar-refractivity contribution in [1.29, 1.82) is 0 Å². The van der Waals surface area contributed by atoms with Crippen LogP contribution in [0.2, 0.25) is 0 Å². The molecule has 4 heteroatoms. The van der Waals surface area contributed by atoms with E-state index in [1.54, 1.807) is 12.4 Å². The van der Waals surface area contributed by atoms with Gasteiger partial charge in [-0.3, -0.25) is 4.98 Å². The summed E-state index contributed by atoms with van der Waals surface area (Å²) in [6.45, 7) is 8.39. The molecule has 0 aliphatic rings. The van der Waals surface area contributed by atoms with Crippen molar-refractivity contribution in [2.45, 2.75) is 39.8 Å². The van der Waals surface area contributed by atoms with Gasteiger partial charge in [-0.05, 0) is 12.1 Å². The summed E-state index contributed by atoms with van der Waals surface area (Å²) in [5.74, 6) is 0. The predicted molar refractivity (Wildman–Crippen MR) is 72.2 cm³/mol. The van der Waals surface area contributed by atoms with E-state index in [2.05, 4.69) is 38.0 Å². The number of pyridine rings is 1. The van der Waals surface area contributed by atoms with Crippen molar-refractivity contribution in [2.24, 2.45) is 0 Å². The van der Waals surface area contributed by atoms with Crippen LogP contribution in [-0.2, 0) is 0 Å². The van der Waals surface area contributed by atoms with Crippen LogP contribution in [-0.4, -0.2) is 31.2 Å². The molecule has 0 bridgehead atoms. The first-order valence-electron chi connectivity index (χ1n) is 5.70. The first-order valence-corrected chi connectivity index (χ1v) is 5.70. The SMILES string of the molecule is CC(C)[N-]C(C)C.CN(C)c1ccncc1.[Li+]. The molecule has 1 aromatic rings. The van der Waals surface area contributed by atoms with E-state index in [9.17, 15) is 0 Å². The average molecular weight is 229 g/mol. The topological polar surface area (TPSA) is 30.2 Å². The van der Waals surface area contributed by atoms with Gasteiger partial charge in [0.2, 0.25) is 0 Å². The summed E-state index contributed by atoms with van der Waals surface area (Å²) in [6.07, 6.45) is 3.57. The van der Waals surface area contributed by atoms with Gasteiger partial charge < -0.3 is 10.2 Å². The molecule has 0 spiro atoms. The van der Waals surface area contributed by atoms with Crippen molar-refractivity contribution in [1.82, 2.24) is 4.98 Å². The Morgan fingerprint density at radius 1 is 1.00 bits per heavy atom. The Kier molecular flexibility index (Phi) is 11.8. The molecule has 0 amide bonds. The Balaban J connectivity index is 0. The van der Waals surface area contributed by atoms with Gasteiger partial charge in [-0.1, -0.05) is 27.7 Å². The van der Waals surface area contributed by atoms with E-state index < -0.39 is 0 Å². The zero-order valence-corrected chi connectivity index (χ0v) is 12.3. The molecule has 0 atom stereocenters. The number of nitrogens with zero attached hydrogens (tertiary/aromatic N) is 3. The van der Waals surface area contributed by atoms with Crippen molar-refractivity contribution in [3.05, 3.63) is 29.8 Å². The van der Waals surface area contributed by atoms with E-state index >= 15 is 0 Å². The van der Waals surface area contributed by atoms with Crippen molar-refractivity contribution in [2.75, 3.05) is 19.0 Å². The number of anilines is 1. The average Bonchev–Trinajstić information content (AvgIpc) is 2.17. The summed E-state index contributed by atoms with van der Waals surface area (Å²) in [7, 11) is 4.02. The second kappa shape index (κ2) is 10.6. The van der Waals surface area contributed by atoms with Crippen LogP contribution in [0.4, 0.5) is 5.69 Å². The molecule has 0 aromatic carbocycles. The standard InChI is InChI=1S/C7H10N2.C6H14N.Li/c1-9(2)7-3-5-8-6-4-7;1-5(2)7-6(3)4;/h3-6H,1-2H3;5-6H,1-4H3;/q;-1;+1. The van der Waals surface area contributed by atoms with Crippen LogP contribution in [0.15, 0.2) is 24.5 Å². The van der Waals surface area contributed by atoms with Gasteiger partial charge >= 0.3 is 18.9 Å². The van der Waals surface area contributed by atoms with Crippen LogP contribution in [0.1, 0.15) is 27.7 Å². The van der Waals surface area contributed by atoms with Gasteiger partial charge in [0.1, 0.15) is 0 Å². The van der Waals surface area contributed by atoms with Gasteiger partial charge in [0.15, 0.2) is 0 Å². The second-order valence-electron chi connectivity index (χ2n) is 4.44. The van der Waals surface area contributed by atoms with Crippen molar-refractivity contribution < 1.29 is 18.9 Å². The van der Waals surface area contributed by atoms with Gasteiger partial charge in [0, 0.05) is 32.2 Å². The fourth-order valence-electron chi connectivity index (χ4n) is 1.24. The summed E-state index contributed by atoms with van der Waals surface area (Å²) >= 11 is 0. The fourth-order valence-corrected chi connectivity index (χ4v) is 1.24. The maximum atomic E-state index is 4.28. The molecule has 0 saturated heterocycles. The molecule has 0 aliphatic carbocycles. The van der Waals surface area contributed by atoms with Crippen molar-refractivity contribution in [3.63, 3.8) is 0 Å². The van der Waals surface area contributed by atoms with Gasteiger partial charge in [0.05, 0.1) is 0 Å². The number of rotatable bonds is 3. The monoisotopic (exact) mass is 229 g/mol. The van der Waals surface area contributed by atoms with E-state index in [0.717, 1.165) is 0 Å². The van der Waals surface area contributed by atoms with E-state index in [0.29, 0.717) is 12.1 Å². The Bertz CT molecular complexity index is 255. The maximum absolute atomic E-state index is 4.28. The van der Waals surface area contributed by atoms with E-state index in [1.165, 1.54) is 5.69 Å². The molecule has 0 radical (unpaired) electrons. The first-order chi connectivity index (χ1) is 7.43. The third-order valence-corrected chi connectivity index (χ3v) is 1.78. The summed E-state index contributed by atoms with van der Waals surface area (Å²) in [5, 5.41) is 4.28. The van der Waals surface area contributed by atoms with Crippen LogP contribution < -0.4 is 23.8 Å². The molecule has 3 nitrogen and oxygen atoms in total. The van der Waals surface area contributed by atoms with Crippen LogP contribution in [0.3, 0.4) is 0 Å². The fraction of sp³-hybridized carbons (Fsp3) is 0.615. The molecule has 92 valence electrons. The number of hydrogen-bond acceptors (Lipinski definition) is 2. The number of hydrogen-bond donors (Lipinski definition) is 0. The molecule has 0 aliphatic heterocycles. The van der Waals surface area contributed by atoms with E-state index in [4.69, 9.17) is 0 Å². The maximum Gasteiger partial charge on any atom is 1.00 e. The summed E-state index contributed by atoms with van der Waals surface area (Å²) < 4.78 is 0. The Morgan fingerprint density at radius 2 is 1.41 bits per heavy atom. The summed E-state index contributed by atoms with van der Waals surface area (Å²) in [4.78, 5) is 5.94. The van der Waals surface area contributed by atoms with E-state index in [1.807, 2.05) is 31.1 Å². The van der Waals surface area contributed by atoms with E-state index in [-0.39, 0.29) is 18.9 Å². The van der Waals surface area contributed by atoms with Crippen LogP contribution >= 0.6 is 0 Å². The van der Waals surface area contributed by atoms with Crippen LogP contribution in [0, 0.1) is 0 Å². The quantitative estimate of drug-likeness (QED) is 0.699. The Hall–Kier alpha value is -0.493. The first kappa shape index (κ1) is 18.9. The molecule has 17 heavy (non-hydrogen) atoms. The molecular formula is C13H24LiN3. The third-order valence-electron chi connectivity index (χ3n) is 1.78. The Morgan fingerprint density at radius 3 is 1.59 bits per heavy atom. The van der Waals surface area contributed by atoms with Gasteiger partial charge in [-0.2, -0.15) is 0 Å². The van der Waals surface area contributed by atoms with Crippen LogP contribution in [0.5, 0.6) is 0 Å². The van der Waals surface area contributed by atoms with Gasteiger partial charge in [-0.15, -0.1) is 12.1 Å². The zero-order valence-electron chi connectivity index (χ0n) is 12.3. The summed E-state index contributed by atoms with van der Waals surface area (Å²) in [5.41, 5.74) is 1.19. The molecule has 1 heterocycles. The number of aromatic nitrogens is 1. The molecule has 0 unspecified atom stereocenters. The van der Waals surface area contributed by atoms with Crippen LogP contribution in [0.25, 0.3) is 5.32 Å². The predicted octanol–water partition coefficient (Wildman–Crippen LogP) is 0.329. The van der Waals surface area contributed by atoms with Crippen molar-refractivity contribution in [3.8, 4) is 0 Å². The molecule has 0 saturated carbocycles. The van der Waals surface area contributed by atoms with Gasteiger partial charge in [-0.25, -0.2) is 0 Å². The summed E-state index contributed by atoms with van der Waals surface area (Å²) in [6, 6.07) is 4.94. The minimum Gasteiger partial charge on any atom is -0.658 e. The molecular weight excluding hydrogens is 205 g/mol. The minimum atomic E-state index is 0. The van der Waals surface area contributed by atoms with Gasteiger partial charge in [0.25, 0.3) is 0 Å². The minimum absolute atomic E-state index is 0. The molecule has 1 aromatic heterocycles. The Labute approximate surface area is 118 Å².